The summed E-state index contributed by atoms with van der Waals surface area (Å²) < 4.78 is 32.6. The molecular weight excluding hydrogens is 378 g/mol. The smallest absolute Gasteiger partial charge is 0.317 e. The maximum atomic E-state index is 13.0. The first-order valence-electron chi connectivity index (χ1n) is 9.08. The number of carbonyl (C=O) groups is 1. The molecule has 7 nitrogen and oxygen atoms in total. The van der Waals surface area contributed by atoms with Gasteiger partial charge in [-0.1, -0.05) is 30.3 Å². The Kier molecular flexibility index (Phi) is 5.06. The van der Waals surface area contributed by atoms with Crippen molar-refractivity contribution in [2.24, 2.45) is 0 Å². The third-order valence-corrected chi connectivity index (χ3v) is 6.77. The van der Waals surface area contributed by atoms with Gasteiger partial charge in [-0.2, -0.15) is 4.31 Å². The summed E-state index contributed by atoms with van der Waals surface area (Å²) >= 11 is 0. The summed E-state index contributed by atoms with van der Waals surface area (Å²) in [6, 6.07) is 16.1. The topological polar surface area (TPSA) is 82.9 Å². The highest BCUT2D eigenvalue weighted by Crippen LogP contribution is 2.22. The number of nitrogens with one attached hydrogen (secondary N) is 1. The minimum Gasteiger partial charge on any atom is -0.467 e. The molecule has 4 rings (SSSR count). The summed E-state index contributed by atoms with van der Waals surface area (Å²) in [5.41, 5.74) is 0. The van der Waals surface area contributed by atoms with E-state index in [4.69, 9.17) is 4.42 Å². The van der Waals surface area contributed by atoms with Crippen LogP contribution in [0.1, 0.15) is 5.76 Å². The molecule has 1 aliphatic rings. The average Bonchev–Trinajstić information content (AvgIpc) is 3.25. The lowest BCUT2D eigenvalue weighted by Crippen LogP contribution is -2.52. The maximum absolute atomic E-state index is 13.0. The Hall–Kier alpha value is -2.84. The van der Waals surface area contributed by atoms with Gasteiger partial charge in [0.25, 0.3) is 0 Å². The summed E-state index contributed by atoms with van der Waals surface area (Å²) in [5.74, 6) is 0.672. The molecule has 146 valence electrons. The van der Waals surface area contributed by atoms with E-state index >= 15 is 0 Å². The van der Waals surface area contributed by atoms with Crippen LogP contribution >= 0.6 is 0 Å². The van der Waals surface area contributed by atoms with Gasteiger partial charge in [-0.25, -0.2) is 13.2 Å². The third kappa shape index (κ3) is 3.74. The zero-order chi connectivity index (χ0) is 19.6. The number of amides is 2. The fourth-order valence-electron chi connectivity index (χ4n) is 3.30. The molecule has 0 unspecified atom stereocenters. The van der Waals surface area contributed by atoms with E-state index in [9.17, 15) is 13.2 Å². The zero-order valence-corrected chi connectivity index (χ0v) is 16.1. The largest absolute Gasteiger partial charge is 0.467 e. The Morgan fingerprint density at radius 2 is 1.71 bits per heavy atom. The average molecular weight is 399 g/mol. The van der Waals surface area contributed by atoms with Crippen molar-refractivity contribution in [1.82, 2.24) is 14.5 Å². The molecule has 0 aliphatic carbocycles. The summed E-state index contributed by atoms with van der Waals surface area (Å²) in [6.07, 6.45) is 1.55. The van der Waals surface area contributed by atoms with E-state index in [1.54, 1.807) is 35.4 Å². The van der Waals surface area contributed by atoms with E-state index in [-0.39, 0.29) is 24.0 Å². The van der Waals surface area contributed by atoms with Crippen molar-refractivity contribution < 1.29 is 17.6 Å². The van der Waals surface area contributed by atoms with Crippen molar-refractivity contribution in [2.75, 3.05) is 26.2 Å². The number of fused-ring (bicyclic) bond motifs is 1. The lowest BCUT2D eigenvalue weighted by molar-refractivity contribution is 0.171. The van der Waals surface area contributed by atoms with Crippen molar-refractivity contribution >= 4 is 26.8 Å². The van der Waals surface area contributed by atoms with Crippen molar-refractivity contribution in [3.05, 3.63) is 66.6 Å². The summed E-state index contributed by atoms with van der Waals surface area (Å²) in [7, 11) is -3.59. The lowest BCUT2D eigenvalue weighted by Gasteiger charge is -2.34. The van der Waals surface area contributed by atoms with Crippen LogP contribution < -0.4 is 5.32 Å². The molecule has 2 heterocycles. The molecule has 1 N–H and O–H groups in total. The Bertz CT molecular complexity index is 1070. The number of hydrogen-bond acceptors (Lipinski definition) is 4. The van der Waals surface area contributed by atoms with E-state index in [1.807, 2.05) is 30.3 Å². The van der Waals surface area contributed by atoms with Crippen LogP contribution in [0.5, 0.6) is 0 Å². The molecule has 28 heavy (non-hydrogen) atoms. The number of furan rings is 1. The van der Waals surface area contributed by atoms with E-state index in [0.29, 0.717) is 25.4 Å². The van der Waals surface area contributed by atoms with Gasteiger partial charge in [0.05, 0.1) is 17.7 Å². The van der Waals surface area contributed by atoms with Gasteiger partial charge in [0.2, 0.25) is 10.0 Å². The Labute approximate surface area is 163 Å². The molecule has 0 bridgehead atoms. The fourth-order valence-corrected chi connectivity index (χ4v) is 4.75. The first kappa shape index (κ1) is 18.5. The molecule has 0 spiro atoms. The first-order valence-corrected chi connectivity index (χ1v) is 10.5. The quantitative estimate of drug-likeness (QED) is 0.731. The second-order valence-corrected chi connectivity index (χ2v) is 8.58. The minimum atomic E-state index is -3.59. The minimum absolute atomic E-state index is 0.223. The highest BCUT2D eigenvalue weighted by atomic mass is 32.2. The molecule has 2 aromatic carbocycles. The molecule has 1 aliphatic heterocycles. The zero-order valence-electron chi connectivity index (χ0n) is 15.2. The summed E-state index contributed by atoms with van der Waals surface area (Å²) in [4.78, 5) is 14.2. The Morgan fingerprint density at radius 1 is 0.964 bits per heavy atom. The van der Waals surface area contributed by atoms with Crippen LogP contribution in [0.3, 0.4) is 0 Å². The predicted octanol–water partition coefficient (Wildman–Crippen LogP) is 2.65. The van der Waals surface area contributed by atoms with Gasteiger partial charge in [0.15, 0.2) is 0 Å². The van der Waals surface area contributed by atoms with Crippen molar-refractivity contribution in [3.8, 4) is 0 Å². The molecule has 1 saturated heterocycles. The number of rotatable bonds is 4. The highest BCUT2D eigenvalue weighted by molar-refractivity contribution is 7.89. The van der Waals surface area contributed by atoms with Crippen molar-refractivity contribution in [3.63, 3.8) is 0 Å². The number of hydrogen-bond donors (Lipinski definition) is 1. The molecule has 0 atom stereocenters. The van der Waals surface area contributed by atoms with Crippen molar-refractivity contribution in [2.45, 2.75) is 11.4 Å². The first-order chi connectivity index (χ1) is 13.5. The number of benzene rings is 2. The Morgan fingerprint density at radius 3 is 2.43 bits per heavy atom. The monoisotopic (exact) mass is 399 g/mol. The van der Waals surface area contributed by atoms with E-state index in [1.165, 1.54) is 4.31 Å². The van der Waals surface area contributed by atoms with Gasteiger partial charge in [0, 0.05) is 26.2 Å². The van der Waals surface area contributed by atoms with Gasteiger partial charge in [-0.3, -0.25) is 0 Å². The number of urea groups is 1. The molecule has 2 amide bonds. The number of piperazine rings is 1. The molecule has 1 fully saturated rings. The van der Waals surface area contributed by atoms with Crippen LogP contribution in [-0.4, -0.2) is 49.8 Å². The molecule has 8 heteroatoms. The van der Waals surface area contributed by atoms with Crippen LogP contribution in [0.15, 0.2) is 70.2 Å². The van der Waals surface area contributed by atoms with Crippen LogP contribution in [-0.2, 0) is 16.6 Å². The highest BCUT2D eigenvalue weighted by Gasteiger charge is 2.30. The van der Waals surface area contributed by atoms with Gasteiger partial charge < -0.3 is 14.6 Å². The maximum Gasteiger partial charge on any atom is 0.317 e. The second-order valence-electron chi connectivity index (χ2n) is 6.64. The molecule has 0 saturated carbocycles. The third-order valence-electron chi connectivity index (χ3n) is 4.88. The van der Waals surface area contributed by atoms with E-state index in [2.05, 4.69) is 5.32 Å². The van der Waals surface area contributed by atoms with E-state index in [0.717, 1.165) is 10.8 Å². The number of nitrogens with zero attached hydrogens (tertiary/aromatic N) is 2. The van der Waals surface area contributed by atoms with Crippen LogP contribution in [0.25, 0.3) is 10.8 Å². The Balaban J connectivity index is 1.39. The van der Waals surface area contributed by atoms with Gasteiger partial charge in [-0.15, -0.1) is 0 Å². The SMILES string of the molecule is O=C(NCc1ccco1)N1CCN(S(=O)(=O)c2ccc3ccccc3c2)CC1. The predicted molar refractivity (Wildman–Crippen MR) is 105 cm³/mol. The summed E-state index contributed by atoms with van der Waals surface area (Å²) in [6.45, 7) is 1.53. The molecular formula is C20H21N3O4S. The summed E-state index contributed by atoms with van der Waals surface area (Å²) in [5, 5.41) is 4.67. The van der Waals surface area contributed by atoms with Gasteiger partial charge in [0.1, 0.15) is 5.76 Å². The van der Waals surface area contributed by atoms with Gasteiger partial charge in [-0.05, 0) is 35.0 Å². The van der Waals surface area contributed by atoms with Crippen LogP contribution in [0.4, 0.5) is 4.79 Å². The van der Waals surface area contributed by atoms with Crippen molar-refractivity contribution in [1.29, 1.82) is 0 Å². The van der Waals surface area contributed by atoms with E-state index < -0.39 is 10.0 Å². The number of carbonyl (C=O) groups excluding carboxylic acids is 1. The number of sulfonamides is 1. The lowest BCUT2D eigenvalue weighted by atomic mass is 10.1. The van der Waals surface area contributed by atoms with Crippen LogP contribution in [0.2, 0.25) is 0 Å². The second kappa shape index (κ2) is 7.65. The fraction of sp³-hybridized carbons (Fsp3) is 0.250. The molecule has 1 aromatic heterocycles. The standard InChI is InChI=1S/C20H21N3O4S/c24-20(21-15-18-6-3-13-27-18)22-9-11-23(12-10-22)28(25,26)19-8-7-16-4-1-2-5-17(16)14-19/h1-8,13-14H,9-12,15H2,(H,21,24). The molecule has 0 radical (unpaired) electrons. The van der Waals surface area contributed by atoms with Crippen LogP contribution in [0, 0.1) is 0 Å². The van der Waals surface area contributed by atoms with Gasteiger partial charge >= 0.3 is 6.03 Å². The normalized spacial score (nSPS) is 15.6. The molecule has 3 aromatic rings.